The number of benzene rings is 1. The SMILES string of the molecule is CC[C@@H]1Sc2ccc(S(=O)(=O)CCC(=O)Nc3cccnc3)cc2NC1=O. The highest BCUT2D eigenvalue weighted by Gasteiger charge is 2.27. The number of carbonyl (C=O) groups is 2. The Morgan fingerprint density at radius 1 is 1.33 bits per heavy atom. The number of anilines is 2. The average molecular weight is 406 g/mol. The number of thioether (sulfide) groups is 1. The molecule has 0 saturated carbocycles. The molecule has 2 N–H and O–H groups in total. The van der Waals surface area contributed by atoms with Gasteiger partial charge in [0.2, 0.25) is 11.8 Å². The minimum absolute atomic E-state index is 0.0891. The highest BCUT2D eigenvalue weighted by atomic mass is 32.2. The van der Waals surface area contributed by atoms with Gasteiger partial charge in [-0.1, -0.05) is 6.92 Å². The van der Waals surface area contributed by atoms with Crippen LogP contribution >= 0.6 is 11.8 Å². The molecule has 27 heavy (non-hydrogen) atoms. The third kappa shape index (κ3) is 4.67. The molecule has 1 aromatic carbocycles. The fraction of sp³-hybridized carbons (Fsp3) is 0.278. The highest BCUT2D eigenvalue weighted by molar-refractivity contribution is 8.01. The third-order valence-electron chi connectivity index (χ3n) is 4.04. The second-order valence-corrected chi connectivity index (χ2v) is 9.37. The summed E-state index contributed by atoms with van der Waals surface area (Å²) < 4.78 is 25.1. The summed E-state index contributed by atoms with van der Waals surface area (Å²) >= 11 is 1.43. The number of nitrogens with one attached hydrogen (secondary N) is 2. The molecule has 0 fully saturated rings. The number of pyridine rings is 1. The van der Waals surface area contributed by atoms with E-state index < -0.39 is 15.7 Å². The Balaban J connectivity index is 1.68. The lowest BCUT2D eigenvalue weighted by Crippen LogP contribution is -2.28. The molecule has 7 nitrogen and oxygen atoms in total. The van der Waals surface area contributed by atoms with Crippen molar-refractivity contribution in [3.8, 4) is 0 Å². The molecule has 0 bridgehead atoms. The van der Waals surface area contributed by atoms with Crippen LogP contribution in [0.2, 0.25) is 0 Å². The molecule has 0 unspecified atom stereocenters. The van der Waals surface area contributed by atoms with Crippen LogP contribution in [0, 0.1) is 0 Å². The lowest BCUT2D eigenvalue weighted by atomic mass is 10.2. The third-order valence-corrected chi connectivity index (χ3v) is 7.20. The quantitative estimate of drug-likeness (QED) is 0.766. The van der Waals surface area contributed by atoms with Crippen LogP contribution in [0.25, 0.3) is 0 Å². The Kier molecular flexibility index (Phi) is 5.81. The zero-order chi connectivity index (χ0) is 19.4. The molecule has 3 rings (SSSR count). The van der Waals surface area contributed by atoms with E-state index in [2.05, 4.69) is 15.6 Å². The normalized spacial score (nSPS) is 16.3. The van der Waals surface area contributed by atoms with Gasteiger partial charge in [-0.15, -0.1) is 11.8 Å². The summed E-state index contributed by atoms with van der Waals surface area (Å²) in [6.45, 7) is 1.93. The van der Waals surface area contributed by atoms with Gasteiger partial charge in [-0.05, 0) is 36.8 Å². The number of rotatable bonds is 6. The molecule has 9 heteroatoms. The molecule has 0 aliphatic carbocycles. The summed E-state index contributed by atoms with van der Waals surface area (Å²) in [4.78, 5) is 28.8. The van der Waals surface area contributed by atoms with Crippen LogP contribution in [0.3, 0.4) is 0 Å². The number of hydrogen-bond donors (Lipinski definition) is 2. The van der Waals surface area contributed by atoms with Crippen LogP contribution in [0.1, 0.15) is 19.8 Å². The van der Waals surface area contributed by atoms with E-state index >= 15 is 0 Å². The predicted molar refractivity (Wildman–Crippen MR) is 105 cm³/mol. The predicted octanol–water partition coefficient (Wildman–Crippen LogP) is 2.71. The Morgan fingerprint density at radius 2 is 2.15 bits per heavy atom. The van der Waals surface area contributed by atoms with Gasteiger partial charge in [0.15, 0.2) is 9.84 Å². The number of amides is 2. The number of nitrogens with zero attached hydrogens (tertiary/aromatic N) is 1. The van der Waals surface area contributed by atoms with Gasteiger partial charge in [-0.3, -0.25) is 14.6 Å². The smallest absolute Gasteiger partial charge is 0.237 e. The first-order valence-electron chi connectivity index (χ1n) is 8.43. The molecule has 1 atom stereocenters. The topological polar surface area (TPSA) is 105 Å². The molecular weight excluding hydrogens is 386 g/mol. The molecule has 2 amide bonds. The van der Waals surface area contributed by atoms with Gasteiger partial charge in [0.05, 0.1) is 33.5 Å². The first-order chi connectivity index (χ1) is 12.9. The van der Waals surface area contributed by atoms with E-state index in [4.69, 9.17) is 0 Å². The van der Waals surface area contributed by atoms with E-state index in [0.717, 1.165) is 4.90 Å². The Labute approximate surface area is 161 Å². The van der Waals surface area contributed by atoms with Crippen molar-refractivity contribution in [1.29, 1.82) is 0 Å². The molecule has 1 aliphatic heterocycles. The molecule has 142 valence electrons. The van der Waals surface area contributed by atoms with Crippen LogP contribution in [-0.2, 0) is 19.4 Å². The van der Waals surface area contributed by atoms with Crippen molar-refractivity contribution in [2.75, 3.05) is 16.4 Å². The van der Waals surface area contributed by atoms with Gasteiger partial charge >= 0.3 is 0 Å². The van der Waals surface area contributed by atoms with Crippen LogP contribution < -0.4 is 10.6 Å². The molecule has 2 heterocycles. The number of sulfone groups is 1. The summed E-state index contributed by atoms with van der Waals surface area (Å²) in [5, 5.41) is 5.20. The Bertz CT molecular complexity index is 962. The van der Waals surface area contributed by atoms with Gasteiger partial charge in [0, 0.05) is 17.5 Å². The maximum absolute atomic E-state index is 12.6. The summed E-state index contributed by atoms with van der Waals surface area (Å²) in [5.74, 6) is -0.851. The van der Waals surface area contributed by atoms with E-state index in [-0.39, 0.29) is 28.2 Å². The first-order valence-corrected chi connectivity index (χ1v) is 11.0. The molecule has 1 aromatic heterocycles. The fourth-order valence-corrected chi connectivity index (χ4v) is 4.88. The van der Waals surface area contributed by atoms with Gasteiger partial charge in [-0.25, -0.2) is 8.42 Å². The largest absolute Gasteiger partial charge is 0.325 e. The standard InChI is InChI=1S/C18H19N3O4S2/c1-2-15-18(23)21-14-10-13(5-6-16(14)26-15)27(24,25)9-7-17(22)20-12-4-3-8-19-11-12/h3-6,8,10-11,15H,2,7,9H2,1H3,(H,20,22)(H,21,23)/t15-/m0/s1. The summed E-state index contributed by atoms with van der Waals surface area (Å²) in [5.41, 5.74) is 1.01. The minimum Gasteiger partial charge on any atom is -0.325 e. The average Bonchev–Trinajstić information content (AvgIpc) is 2.66. The van der Waals surface area contributed by atoms with Gasteiger partial charge in [0.25, 0.3) is 0 Å². The summed E-state index contributed by atoms with van der Waals surface area (Å²) in [7, 11) is -3.65. The second-order valence-electron chi connectivity index (χ2n) is 6.02. The van der Waals surface area contributed by atoms with Crippen molar-refractivity contribution < 1.29 is 18.0 Å². The van der Waals surface area contributed by atoms with Crippen molar-refractivity contribution in [2.45, 2.75) is 34.8 Å². The maximum Gasteiger partial charge on any atom is 0.237 e. The molecule has 0 spiro atoms. The van der Waals surface area contributed by atoms with Crippen LogP contribution in [0.5, 0.6) is 0 Å². The van der Waals surface area contributed by atoms with E-state index in [1.807, 2.05) is 6.92 Å². The van der Waals surface area contributed by atoms with E-state index in [9.17, 15) is 18.0 Å². The zero-order valence-electron chi connectivity index (χ0n) is 14.6. The van der Waals surface area contributed by atoms with Crippen molar-refractivity contribution in [2.24, 2.45) is 0 Å². The molecule has 1 aliphatic rings. The van der Waals surface area contributed by atoms with E-state index in [0.29, 0.717) is 17.8 Å². The van der Waals surface area contributed by atoms with Gasteiger partial charge in [0.1, 0.15) is 0 Å². The summed E-state index contributed by atoms with van der Waals surface area (Å²) in [6.07, 6.45) is 3.59. The maximum atomic E-state index is 12.6. The highest BCUT2D eigenvalue weighted by Crippen LogP contribution is 2.38. The van der Waals surface area contributed by atoms with Crippen LogP contribution in [0.15, 0.2) is 52.5 Å². The molecule has 0 saturated heterocycles. The lowest BCUT2D eigenvalue weighted by molar-refractivity contribution is -0.116. The number of hydrogen-bond acceptors (Lipinski definition) is 6. The number of fused-ring (bicyclic) bond motifs is 1. The Hall–Kier alpha value is -2.39. The lowest BCUT2D eigenvalue weighted by Gasteiger charge is -2.23. The van der Waals surface area contributed by atoms with Gasteiger partial charge < -0.3 is 10.6 Å². The first kappa shape index (κ1) is 19.4. The minimum atomic E-state index is -3.65. The second kappa shape index (κ2) is 8.10. The molecular formula is C18H19N3O4S2. The van der Waals surface area contributed by atoms with Gasteiger partial charge in [-0.2, -0.15) is 0 Å². The van der Waals surface area contributed by atoms with Crippen LogP contribution in [0.4, 0.5) is 11.4 Å². The van der Waals surface area contributed by atoms with Crippen LogP contribution in [-0.4, -0.2) is 36.2 Å². The van der Waals surface area contributed by atoms with Crippen molar-refractivity contribution in [1.82, 2.24) is 4.98 Å². The van der Waals surface area contributed by atoms with E-state index in [1.54, 1.807) is 24.4 Å². The molecule has 2 aromatic rings. The fourth-order valence-electron chi connectivity index (χ4n) is 2.60. The number of aromatic nitrogens is 1. The Morgan fingerprint density at radius 3 is 2.85 bits per heavy atom. The summed E-state index contributed by atoms with van der Waals surface area (Å²) in [6, 6.07) is 8.03. The van der Waals surface area contributed by atoms with E-state index in [1.165, 1.54) is 30.1 Å². The zero-order valence-corrected chi connectivity index (χ0v) is 16.3. The van der Waals surface area contributed by atoms with Crippen molar-refractivity contribution >= 4 is 44.8 Å². The number of carbonyl (C=O) groups excluding carboxylic acids is 2. The van der Waals surface area contributed by atoms with Crippen molar-refractivity contribution in [3.63, 3.8) is 0 Å². The monoisotopic (exact) mass is 405 g/mol. The molecule has 0 radical (unpaired) electrons. The van der Waals surface area contributed by atoms with Crippen molar-refractivity contribution in [3.05, 3.63) is 42.7 Å².